The summed E-state index contributed by atoms with van der Waals surface area (Å²) < 4.78 is 27.2. The van der Waals surface area contributed by atoms with E-state index in [-0.39, 0.29) is 0 Å². The first kappa shape index (κ1) is 13.5. The van der Waals surface area contributed by atoms with Crippen molar-refractivity contribution in [3.8, 4) is 0 Å². The quantitative estimate of drug-likeness (QED) is 0.859. The van der Waals surface area contributed by atoms with Crippen LogP contribution in [0.5, 0.6) is 0 Å². The largest absolute Gasteiger partial charge is 0.330 e. The minimum absolute atomic E-state index is 0.370. The van der Waals surface area contributed by atoms with Crippen molar-refractivity contribution in [3.63, 3.8) is 0 Å². The van der Waals surface area contributed by atoms with Gasteiger partial charge >= 0.3 is 5.69 Å². The van der Waals surface area contributed by atoms with Crippen LogP contribution in [-0.4, -0.2) is 9.55 Å². The Hall–Kier alpha value is -1.95. The first-order valence-corrected chi connectivity index (χ1v) is 5.75. The Morgan fingerprint density at radius 2 is 2.00 bits per heavy atom. The number of aromatic amines is 1. The van der Waals surface area contributed by atoms with E-state index in [2.05, 4.69) is 0 Å². The molecule has 1 atom stereocenters. The molecule has 0 saturated heterocycles. The van der Waals surface area contributed by atoms with Crippen LogP contribution in [0.15, 0.2) is 33.9 Å². The molecule has 0 saturated carbocycles. The highest BCUT2D eigenvalue weighted by Gasteiger charge is 2.18. The van der Waals surface area contributed by atoms with Crippen LogP contribution in [0, 0.1) is 11.6 Å². The molecule has 0 fully saturated rings. The third-order valence-corrected chi connectivity index (χ3v) is 3.01. The molecule has 19 heavy (non-hydrogen) atoms. The van der Waals surface area contributed by atoms with Gasteiger partial charge in [0.05, 0.1) is 6.04 Å². The fourth-order valence-corrected chi connectivity index (χ4v) is 1.93. The van der Waals surface area contributed by atoms with Gasteiger partial charge in [-0.05, 0) is 24.6 Å². The SMILES string of the molecule is CC(c1cccc(F)c1)n1c(=O)[nH]c(Cl)c(F)c1=O. The zero-order valence-electron chi connectivity index (χ0n) is 9.78. The van der Waals surface area contributed by atoms with Crippen LogP contribution in [0.3, 0.4) is 0 Å². The predicted molar refractivity (Wildman–Crippen MR) is 66.5 cm³/mol. The third-order valence-electron chi connectivity index (χ3n) is 2.75. The molecular formula is C12H9ClF2N2O2. The number of H-pyrrole nitrogens is 1. The molecule has 7 heteroatoms. The Morgan fingerprint density at radius 3 is 2.63 bits per heavy atom. The minimum atomic E-state index is -1.25. The normalized spacial score (nSPS) is 12.4. The molecule has 2 aromatic rings. The lowest BCUT2D eigenvalue weighted by Gasteiger charge is -2.14. The maximum Gasteiger partial charge on any atom is 0.330 e. The first-order chi connectivity index (χ1) is 8.91. The second kappa shape index (κ2) is 4.97. The van der Waals surface area contributed by atoms with Crippen molar-refractivity contribution in [2.45, 2.75) is 13.0 Å². The van der Waals surface area contributed by atoms with Gasteiger partial charge in [0.15, 0.2) is 5.15 Å². The van der Waals surface area contributed by atoms with E-state index >= 15 is 0 Å². The van der Waals surface area contributed by atoms with Gasteiger partial charge in [-0.1, -0.05) is 23.7 Å². The summed E-state index contributed by atoms with van der Waals surface area (Å²) in [5.74, 6) is -1.76. The number of nitrogens with one attached hydrogen (secondary N) is 1. The predicted octanol–water partition coefficient (Wildman–Crippen LogP) is 2.08. The molecular weight excluding hydrogens is 278 g/mol. The Bertz CT molecular complexity index is 739. The summed E-state index contributed by atoms with van der Waals surface area (Å²) in [5.41, 5.74) is -1.63. The zero-order valence-corrected chi connectivity index (χ0v) is 10.5. The van der Waals surface area contributed by atoms with Gasteiger partial charge in [0.1, 0.15) is 5.82 Å². The molecule has 0 aliphatic heterocycles. The van der Waals surface area contributed by atoms with E-state index in [9.17, 15) is 18.4 Å². The molecule has 100 valence electrons. The summed E-state index contributed by atoms with van der Waals surface area (Å²) in [6.07, 6.45) is 0. The van der Waals surface area contributed by atoms with Crippen molar-refractivity contribution in [1.29, 1.82) is 0 Å². The van der Waals surface area contributed by atoms with E-state index in [0.717, 1.165) is 0 Å². The average Bonchev–Trinajstić information content (AvgIpc) is 2.36. The van der Waals surface area contributed by atoms with Crippen LogP contribution in [-0.2, 0) is 0 Å². The molecule has 4 nitrogen and oxygen atoms in total. The second-order valence-corrected chi connectivity index (χ2v) is 4.34. The zero-order chi connectivity index (χ0) is 14.2. The standard InChI is InChI=1S/C12H9ClF2N2O2/c1-6(7-3-2-4-8(14)5-7)17-11(18)9(15)10(13)16-12(17)19/h2-6H,1H3,(H,16,19). The lowest BCUT2D eigenvalue weighted by Crippen LogP contribution is -2.39. The van der Waals surface area contributed by atoms with Gasteiger partial charge in [-0.25, -0.2) is 9.18 Å². The number of hydrogen-bond donors (Lipinski definition) is 1. The maximum absolute atomic E-state index is 13.4. The number of nitrogens with zero attached hydrogens (tertiary/aromatic N) is 1. The van der Waals surface area contributed by atoms with Crippen molar-refractivity contribution in [2.24, 2.45) is 0 Å². The number of halogens is 3. The molecule has 1 N–H and O–H groups in total. The molecule has 0 aliphatic rings. The topological polar surface area (TPSA) is 54.9 Å². The Morgan fingerprint density at radius 1 is 1.32 bits per heavy atom. The highest BCUT2D eigenvalue weighted by molar-refractivity contribution is 6.29. The molecule has 1 aromatic heterocycles. The molecule has 1 unspecified atom stereocenters. The number of aromatic nitrogens is 2. The van der Waals surface area contributed by atoms with Crippen molar-refractivity contribution in [1.82, 2.24) is 9.55 Å². The fraction of sp³-hybridized carbons (Fsp3) is 0.167. The molecule has 1 heterocycles. The van der Waals surface area contributed by atoms with Crippen LogP contribution in [0.4, 0.5) is 8.78 Å². The highest BCUT2D eigenvalue weighted by Crippen LogP contribution is 2.16. The highest BCUT2D eigenvalue weighted by atomic mass is 35.5. The van der Waals surface area contributed by atoms with Crippen LogP contribution >= 0.6 is 11.6 Å². The van der Waals surface area contributed by atoms with Gasteiger partial charge < -0.3 is 0 Å². The lowest BCUT2D eigenvalue weighted by atomic mass is 10.1. The van der Waals surface area contributed by atoms with E-state index in [1.807, 2.05) is 4.98 Å². The van der Waals surface area contributed by atoms with E-state index in [0.29, 0.717) is 10.1 Å². The molecule has 0 amide bonds. The Kier molecular flexibility index (Phi) is 3.53. The summed E-state index contributed by atoms with van der Waals surface area (Å²) in [6.45, 7) is 1.48. The monoisotopic (exact) mass is 286 g/mol. The van der Waals surface area contributed by atoms with Gasteiger partial charge in [0.2, 0.25) is 5.82 Å². The summed E-state index contributed by atoms with van der Waals surface area (Å²) in [4.78, 5) is 25.4. The molecule has 1 aromatic carbocycles. The van der Waals surface area contributed by atoms with E-state index in [1.165, 1.54) is 31.2 Å². The van der Waals surface area contributed by atoms with Crippen LogP contribution < -0.4 is 11.2 Å². The molecule has 2 rings (SSSR count). The number of hydrogen-bond acceptors (Lipinski definition) is 2. The fourth-order valence-electron chi connectivity index (χ4n) is 1.77. The van der Waals surface area contributed by atoms with E-state index in [1.54, 1.807) is 0 Å². The summed E-state index contributed by atoms with van der Waals surface area (Å²) in [6, 6.07) is 4.55. The molecule has 0 aliphatic carbocycles. The smallest absolute Gasteiger partial charge is 0.295 e. The van der Waals surface area contributed by atoms with Crippen LogP contribution in [0.25, 0.3) is 0 Å². The Labute approximate surface area is 111 Å². The Balaban J connectivity index is 2.63. The van der Waals surface area contributed by atoms with Gasteiger partial charge in [-0.15, -0.1) is 0 Å². The van der Waals surface area contributed by atoms with Crippen molar-refractivity contribution < 1.29 is 8.78 Å². The summed E-state index contributed by atoms with van der Waals surface area (Å²) in [5, 5.41) is -0.641. The average molecular weight is 287 g/mol. The van der Waals surface area contributed by atoms with Gasteiger partial charge in [0.25, 0.3) is 5.56 Å². The van der Waals surface area contributed by atoms with Gasteiger partial charge in [-0.3, -0.25) is 14.3 Å². The summed E-state index contributed by atoms with van der Waals surface area (Å²) >= 11 is 5.36. The van der Waals surface area contributed by atoms with Crippen LogP contribution in [0.1, 0.15) is 18.5 Å². The lowest BCUT2D eigenvalue weighted by molar-refractivity contribution is 0.513. The van der Waals surface area contributed by atoms with Gasteiger partial charge in [0, 0.05) is 0 Å². The number of benzene rings is 1. The van der Waals surface area contributed by atoms with Crippen molar-refractivity contribution in [2.75, 3.05) is 0 Å². The third kappa shape index (κ3) is 2.44. The second-order valence-electron chi connectivity index (χ2n) is 3.96. The first-order valence-electron chi connectivity index (χ1n) is 5.37. The van der Waals surface area contributed by atoms with Crippen LogP contribution in [0.2, 0.25) is 5.15 Å². The maximum atomic E-state index is 13.4. The molecule has 0 bridgehead atoms. The summed E-state index contributed by atoms with van der Waals surface area (Å²) in [7, 11) is 0. The minimum Gasteiger partial charge on any atom is -0.295 e. The molecule has 0 radical (unpaired) electrons. The number of rotatable bonds is 2. The van der Waals surface area contributed by atoms with E-state index in [4.69, 9.17) is 11.6 Å². The molecule has 0 spiro atoms. The van der Waals surface area contributed by atoms with Crippen molar-refractivity contribution in [3.05, 3.63) is 67.5 Å². The van der Waals surface area contributed by atoms with Crippen molar-refractivity contribution >= 4 is 11.6 Å². The van der Waals surface area contributed by atoms with Gasteiger partial charge in [-0.2, -0.15) is 4.39 Å². The van der Waals surface area contributed by atoms with E-state index < -0.39 is 34.1 Å².